The highest BCUT2D eigenvalue weighted by atomic mass is 16.6. The average molecular weight is 342 g/mol. The summed E-state index contributed by atoms with van der Waals surface area (Å²) in [5, 5.41) is 0. The van der Waals surface area contributed by atoms with Gasteiger partial charge in [0.15, 0.2) is 11.4 Å². The molecule has 0 spiro atoms. The summed E-state index contributed by atoms with van der Waals surface area (Å²) in [5.41, 5.74) is 0.424. The van der Waals surface area contributed by atoms with Crippen molar-refractivity contribution in [3.8, 4) is 12.3 Å². The van der Waals surface area contributed by atoms with Crippen LogP contribution in [0.5, 0.6) is 0 Å². The maximum Gasteiger partial charge on any atom is 0.304 e. The minimum atomic E-state index is -0.767. The number of carbonyl (C=O) groups excluding carboxylic acids is 2. The molecule has 3 aliphatic carbocycles. The predicted octanol–water partition coefficient (Wildman–Crippen LogP) is 4.45. The van der Waals surface area contributed by atoms with Crippen LogP contribution in [0.4, 0.5) is 0 Å². The second-order valence-corrected chi connectivity index (χ2v) is 8.44. The fraction of sp³-hybridized carbons (Fsp3) is 0.727. The number of fused-ring (bicyclic) bond motifs is 1. The summed E-state index contributed by atoms with van der Waals surface area (Å²) in [6, 6.07) is 0. The van der Waals surface area contributed by atoms with E-state index in [1.165, 1.54) is 12.5 Å². The molecule has 2 fully saturated rings. The van der Waals surface area contributed by atoms with Crippen LogP contribution in [0, 0.1) is 35.5 Å². The van der Waals surface area contributed by atoms with Crippen molar-refractivity contribution in [1.29, 1.82) is 0 Å². The molecule has 0 aromatic carbocycles. The molecule has 0 amide bonds. The Morgan fingerprint density at radius 3 is 2.76 bits per heavy atom. The van der Waals surface area contributed by atoms with Gasteiger partial charge in [0.25, 0.3) is 0 Å². The van der Waals surface area contributed by atoms with E-state index < -0.39 is 5.60 Å². The van der Waals surface area contributed by atoms with Crippen molar-refractivity contribution in [3.05, 3.63) is 11.6 Å². The van der Waals surface area contributed by atoms with Gasteiger partial charge < -0.3 is 4.74 Å². The Morgan fingerprint density at radius 1 is 1.36 bits per heavy atom. The monoisotopic (exact) mass is 342 g/mol. The van der Waals surface area contributed by atoms with E-state index in [0.717, 1.165) is 44.9 Å². The van der Waals surface area contributed by atoms with E-state index in [2.05, 4.69) is 19.8 Å². The van der Waals surface area contributed by atoms with Crippen LogP contribution < -0.4 is 0 Å². The highest BCUT2D eigenvalue weighted by molar-refractivity contribution is 5.91. The first-order valence-corrected chi connectivity index (χ1v) is 9.76. The standard InChI is InChI=1S/C22H30O3/c1-5-21(4)20(11-12-22(21,6-2)25-15(3)23)18-8-7-17-14-19(24)10-9-16(17)13-18/h2,14,16,18,20H,5,7-13H2,1,3-4H3/t16-,18-,20+,21+,22-/m1/s1. The first-order chi connectivity index (χ1) is 11.8. The summed E-state index contributed by atoms with van der Waals surface area (Å²) in [6.07, 6.45) is 15.5. The zero-order valence-electron chi connectivity index (χ0n) is 15.8. The van der Waals surface area contributed by atoms with E-state index >= 15 is 0 Å². The smallest absolute Gasteiger partial charge is 0.304 e. The first-order valence-electron chi connectivity index (χ1n) is 9.76. The molecule has 2 saturated carbocycles. The van der Waals surface area contributed by atoms with Crippen LogP contribution in [0.15, 0.2) is 11.6 Å². The Kier molecular flexibility index (Phi) is 4.84. The molecular weight excluding hydrogens is 312 g/mol. The Labute approximate surface area is 151 Å². The lowest BCUT2D eigenvalue weighted by atomic mass is 9.60. The third-order valence-corrected chi connectivity index (χ3v) is 7.40. The first kappa shape index (κ1) is 18.2. The van der Waals surface area contributed by atoms with E-state index in [-0.39, 0.29) is 11.4 Å². The van der Waals surface area contributed by atoms with Gasteiger partial charge in [0, 0.05) is 18.8 Å². The minimum absolute atomic E-state index is 0.177. The zero-order valence-corrected chi connectivity index (χ0v) is 15.8. The van der Waals surface area contributed by atoms with E-state index in [4.69, 9.17) is 11.2 Å². The number of ketones is 1. The van der Waals surface area contributed by atoms with E-state index in [1.54, 1.807) is 0 Å². The van der Waals surface area contributed by atoms with E-state index in [0.29, 0.717) is 30.0 Å². The Hall–Kier alpha value is -1.56. The largest absolute Gasteiger partial charge is 0.445 e. The van der Waals surface area contributed by atoms with Crippen LogP contribution in [0.25, 0.3) is 0 Å². The van der Waals surface area contributed by atoms with Crippen LogP contribution in [0.1, 0.15) is 72.1 Å². The maximum absolute atomic E-state index is 11.7. The Morgan fingerprint density at radius 2 is 2.12 bits per heavy atom. The van der Waals surface area contributed by atoms with Crippen molar-refractivity contribution < 1.29 is 14.3 Å². The molecule has 0 unspecified atom stereocenters. The maximum atomic E-state index is 11.7. The highest BCUT2D eigenvalue weighted by Gasteiger charge is 2.60. The van der Waals surface area contributed by atoms with Gasteiger partial charge in [-0.25, -0.2) is 0 Å². The molecule has 0 N–H and O–H groups in total. The summed E-state index contributed by atoms with van der Waals surface area (Å²) in [6.45, 7) is 5.85. The number of esters is 1. The SMILES string of the molecule is C#C[C@@]1(OC(C)=O)CC[C@@H]([C@@H]2CCC3=CC(=O)CC[C@@H]3C2)[C@]1(C)CC. The molecule has 0 aromatic rings. The molecule has 3 rings (SSSR count). The molecule has 0 heterocycles. The van der Waals surface area contributed by atoms with Gasteiger partial charge in [-0.3, -0.25) is 9.59 Å². The molecule has 0 bridgehead atoms. The van der Waals surface area contributed by atoms with Gasteiger partial charge >= 0.3 is 5.97 Å². The molecule has 3 nitrogen and oxygen atoms in total. The minimum Gasteiger partial charge on any atom is -0.445 e. The van der Waals surface area contributed by atoms with Gasteiger partial charge in [-0.15, -0.1) is 6.42 Å². The quantitative estimate of drug-likeness (QED) is 0.562. The molecule has 0 saturated heterocycles. The van der Waals surface area contributed by atoms with Crippen LogP contribution in [0.2, 0.25) is 0 Å². The average Bonchev–Trinajstić information content (AvgIpc) is 2.87. The van der Waals surface area contributed by atoms with E-state index in [1.807, 2.05) is 6.08 Å². The van der Waals surface area contributed by atoms with Gasteiger partial charge in [-0.05, 0) is 68.8 Å². The topological polar surface area (TPSA) is 43.4 Å². The number of hydrogen-bond acceptors (Lipinski definition) is 3. The Bertz CT molecular complexity index is 640. The van der Waals surface area contributed by atoms with Crippen molar-refractivity contribution in [1.82, 2.24) is 0 Å². The second kappa shape index (κ2) is 6.63. The normalized spacial score (nSPS) is 40.8. The predicted molar refractivity (Wildman–Crippen MR) is 97.6 cm³/mol. The van der Waals surface area contributed by atoms with Crippen molar-refractivity contribution in [2.24, 2.45) is 23.2 Å². The molecule has 0 aromatic heterocycles. The number of allylic oxidation sites excluding steroid dienone is 2. The van der Waals surface area contributed by atoms with Crippen LogP contribution >= 0.6 is 0 Å². The molecule has 5 atom stereocenters. The zero-order chi connectivity index (χ0) is 18.2. The molecule has 25 heavy (non-hydrogen) atoms. The third-order valence-electron chi connectivity index (χ3n) is 7.40. The van der Waals surface area contributed by atoms with Crippen LogP contribution in [-0.4, -0.2) is 17.4 Å². The second-order valence-electron chi connectivity index (χ2n) is 8.44. The van der Waals surface area contributed by atoms with Crippen molar-refractivity contribution in [2.75, 3.05) is 0 Å². The van der Waals surface area contributed by atoms with Gasteiger partial charge in [0.05, 0.1) is 0 Å². The van der Waals surface area contributed by atoms with Gasteiger partial charge in [-0.2, -0.15) is 0 Å². The Balaban J connectivity index is 1.83. The summed E-state index contributed by atoms with van der Waals surface area (Å²) < 4.78 is 5.77. The molecule has 3 aliphatic rings. The highest BCUT2D eigenvalue weighted by Crippen LogP contribution is 2.59. The van der Waals surface area contributed by atoms with Crippen LogP contribution in [0.3, 0.4) is 0 Å². The lowest BCUT2D eigenvalue weighted by molar-refractivity contribution is -0.163. The number of ether oxygens (including phenoxy) is 1. The molecule has 0 aliphatic heterocycles. The van der Waals surface area contributed by atoms with Gasteiger partial charge in [0.2, 0.25) is 0 Å². The molecular formula is C22H30O3. The number of terminal acetylenes is 1. The molecule has 0 radical (unpaired) electrons. The van der Waals surface area contributed by atoms with Crippen LogP contribution in [-0.2, 0) is 14.3 Å². The lowest BCUT2D eigenvalue weighted by Gasteiger charge is -2.46. The van der Waals surface area contributed by atoms with Gasteiger partial charge in [0.1, 0.15) is 0 Å². The van der Waals surface area contributed by atoms with Crippen molar-refractivity contribution in [2.45, 2.75) is 77.7 Å². The number of rotatable bonds is 3. The molecule has 136 valence electrons. The number of hydrogen-bond donors (Lipinski definition) is 0. The lowest BCUT2D eigenvalue weighted by Crippen LogP contribution is -2.48. The van der Waals surface area contributed by atoms with E-state index in [9.17, 15) is 9.59 Å². The summed E-state index contributed by atoms with van der Waals surface area (Å²) in [4.78, 5) is 23.4. The third kappa shape index (κ3) is 2.94. The summed E-state index contributed by atoms with van der Waals surface area (Å²) in [5.74, 6) is 4.54. The van der Waals surface area contributed by atoms with Crippen molar-refractivity contribution >= 4 is 11.8 Å². The summed E-state index contributed by atoms with van der Waals surface area (Å²) in [7, 11) is 0. The fourth-order valence-electron chi connectivity index (χ4n) is 5.89. The molecule has 3 heteroatoms. The number of carbonyl (C=O) groups is 2. The fourth-order valence-corrected chi connectivity index (χ4v) is 5.89. The van der Waals surface area contributed by atoms with Gasteiger partial charge in [-0.1, -0.05) is 25.3 Å². The summed E-state index contributed by atoms with van der Waals surface area (Å²) >= 11 is 0. The van der Waals surface area contributed by atoms with Crippen molar-refractivity contribution in [3.63, 3.8) is 0 Å².